The third-order valence-electron chi connectivity index (χ3n) is 3.34. The van der Waals surface area contributed by atoms with Crippen LogP contribution >= 0.6 is 0 Å². The van der Waals surface area contributed by atoms with Crippen LogP contribution in [0.2, 0.25) is 0 Å². The maximum Gasteiger partial charge on any atom is 0.251 e. The summed E-state index contributed by atoms with van der Waals surface area (Å²) in [6, 6.07) is 13.2. The van der Waals surface area contributed by atoms with Crippen LogP contribution in [0, 0.1) is 13.8 Å². The molecule has 0 aromatic heterocycles. The van der Waals surface area contributed by atoms with Gasteiger partial charge in [0.15, 0.2) is 0 Å². The normalized spacial score (nSPS) is 10.5. The van der Waals surface area contributed by atoms with Crippen LogP contribution in [0.5, 0.6) is 11.5 Å². The number of aryl methyl sites for hydroxylation is 2. The molecule has 0 spiro atoms. The number of hydrogen-bond acceptors (Lipinski definition) is 3. The SMILES string of the molecule is Cc1cc(C)cc(OCCNC(=O)c2ccc(OC(C)C)cc2)c1. The smallest absolute Gasteiger partial charge is 0.251 e. The predicted octanol–water partition coefficient (Wildman–Crippen LogP) is 3.90. The molecule has 0 aliphatic heterocycles. The summed E-state index contributed by atoms with van der Waals surface area (Å²) in [7, 11) is 0. The standard InChI is InChI=1S/C20H25NO3/c1-14(2)24-18-7-5-17(6-8-18)20(22)21-9-10-23-19-12-15(3)11-16(4)13-19/h5-8,11-14H,9-10H2,1-4H3,(H,21,22). The monoisotopic (exact) mass is 327 g/mol. The molecule has 1 amide bonds. The van der Waals surface area contributed by atoms with Crippen LogP contribution in [-0.2, 0) is 0 Å². The molecule has 0 aliphatic carbocycles. The molecule has 2 aromatic rings. The number of rotatable bonds is 7. The zero-order valence-electron chi connectivity index (χ0n) is 14.8. The Balaban J connectivity index is 1.78. The van der Waals surface area contributed by atoms with Gasteiger partial charge in [-0.1, -0.05) is 6.07 Å². The predicted molar refractivity (Wildman–Crippen MR) is 96.0 cm³/mol. The molecule has 0 heterocycles. The van der Waals surface area contributed by atoms with Gasteiger partial charge in [-0.2, -0.15) is 0 Å². The Morgan fingerprint density at radius 3 is 2.21 bits per heavy atom. The minimum Gasteiger partial charge on any atom is -0.492 e. The summed E-state index contributed by atoms with van der Waals surface area (Å²) in [5.74, 6) is 1.48. The molecule has 2 rings (SSSR count). The van der Waals surface area contributed by atoms with E-state index < -0.39 is 0 Å². The van der Waals surface area contributed by atoms with Crippen molar-refractivity contribution in [3.05, 3.63) is 59.2 Å². The number of nitrogens with one attached hydrogen (secondary N) is 1. The van der Waals surface area contributed by atoms with E-state index in [1.165, 1.54) is 0 Å². The van der Waals surface area contributed by atoms with Gasteiger partial charge in [0.1, 0.15) is 18.1 Å². The highest BCUT2D eigenvalue weighted by atomic mass is 16.5. The van der Waals surface area contributed by atoms with Crippen LogP contribution in [0.15, 0.2) is 42.5 Å². The quantitative estimate of drug-likeness (QED) is 0.785. The van der Waals surface area contributed by atoms with Gasteiger partial charge < -0.3 is 14.8 Å². The van der Waals surface area contributed by atoms with E-state index in [0.717, 1.165) is 22.6 Å². The molecule has 0 saturated heterocycles. The summed E-state index contributed by atoms with van der Waals surface area (Å²) in [4.78, 5) is 12.1. The van der Waals surface area contributed by atoms with E-state index in [0.29, 0.717) is 18.7 Å². The Hall–Kier alpha value is -2.49. The van der Waals surface area contributed by atoms with Crippen molar-refractivity contribution >= 4 is 5.91 Å². The topological polar surface area (TPSA) is 47.6 Å². The molecule has 128 valence electrons. The van der Waals surface area contributed by atoms with Gasteiger partial charge >= 0.3 is 0 Å². The first-order valence-electron chi connectivity index (χ1n) is 8.20. The van der Waals surface area contributed by atoms with E-state index in [2.05, 4.69) is 11.4 Å². The molecule has 1 N–H and O–H groups in total. The molecular formula is C20H25NO3. The number of amides is 1. The third kappa shape index (κ3) is 5.61. The van der Waals surface area contributed by atoms with Gasteiger partial charge in [-0.25, -0.2) is 0 Å². The van der Waals surface area contributed by atoms with Crippen LogP contribution in [0.3, 0.4) is 0 Å². The van der Waals surface area contributed by atoms with E-state index >= 15 is 0 Å². The maximum absolute atomic E-state index is 12.1. The molecule has 4 nitrogen and oxygen atoms in total. The average molecular weight is 327 g/mol. The first-order chi connectivity index (χ1) is 11.4. The molecule has 0 radical (unpaired) electrons. The first-order valence-corrected chi connectivity index (χ1v) is 8.20. The second-order valence-corrected chi connectivity index (χ2v) is 6.12. The van der Waals surface area contributed by atoms with Gasteiger partial charge in [0.2, 0.25) is 0 Å². The minimum absolute atomic E-state index is 0.116. The highest BCUT2D eigenvalue weighted by Gasteiger charge is 2.06. The highest BCUT2D eigenvalue weighted by Crippen LogP contribution is 2.16. The second kappa shape index (κ2) is 8.39. The summed E-state index contributed by atoms with van der Waals surface area (Å²) < 4.78 is 11.2. The Morgan fingerprint density at radius 1 is 1.00 bits per heavy atom. The lowest BCUT2D eigenvalue weighted by atomic mass is 10.1. The summed E-state index contributed by atoms with van der Waals surface area (Å²) in [6.45, 7) is 8.90. The van der Waals surface area contributed by atoms with Gasteiger partial charge in [-0.15, -0.1) is 0 Å². The van der Waals surface area contributed by atoms with E-state index in [1.54, 1.807) is 24.3 Å². The van der Waals surface area contributed by atoms with Crippen LogP contribution in [0.1, 0.15) is 35.3 Å². The van der Waals surface area contributed by atoms with Gasteiger partial charge in [0.05, 0.1) is 12.6 Å². The molecule has 0 fully saturated rings. The molecule has 0 bridgehead atoms. The van der Waals surface area contributed by atoms with Crippen molar-refractivity contribution in [2.45, 2.75) is 33.8 Å². The number of benzene rings is 2. The molecular weight excluding hydrogens is 302 g/mol. The lowest BCUT2D eigenvalue weighted by Crippen LogP contribution is -2.28. The van der Waals surface area contributed by atoms with Crippen LogP contribution in [0.25, 0.3) is 0 Å². The summed E-state index contributed by atoms with van der Waals surface area (Å²) in [5.41, 5.74) is 2.94. The van der Waals surface area contributed by atoms with Crippen LogP contribution < -0.4 is 14.8 Å². The zero-order chi connectivity index (χ0) is 17.5. The van der Waals surface area contributed by atoms with Gasteiger partial charge in [0.25, 0.3) is 5.91 Å². The minimum atomic E-state index is -0.116. The Kier molecular flexibility index (Phi) is 6.24. The molecule has 4 heteroatoms. The number of carbonyl (C=O) groups is 1. The fourth-order valence-electron chi connectivity index (χ4n) is 2.41. The third-order valence-corrected chi connectivity index (χ3v) is 3.34. The molecule has 0 atom stereocenters. The fourth-order valence-corrected chi connectivity index (χ4v) is 2.41. The first kappa shape index (κ1) is 17.9. The summed E-state index contributed by atoms with van der Waals surface area (Å²) in [6.07, 6.45) is 0.118. The summed E-state index contributed by atoms with van der Waals surface area (Å²) >= 11 is 0. The fraction of sp³-hybridized carbons (Fsp3) is 0.350. The lowest BCUT2D eigenvalue weighted by Gasteiger charge is -2.11. The van der Waals surface area contributed by atoms with E-state index in [1.807, 2.05) is 39.8 Å². The van der Waals surface area contributed by atoms with E-state index in [-0.39, 0.29) is 12.0 Å². The van der Waals surface area contributed by atoms with Crippen molar-refractivity contribution in [1.82, 2.24) is 5.32 Å². The molecule has 24 heavy (non-hydrogen) atoms. The number of carbonyl (C=O) groups excluding carboxylic acids is 1. The Morgan fingerprint density at radius 2 is 1.62 bits per heavy atom. The number of ether oxygens (including phenoxy) is 2. The molecule has 0 unspecified atom stereocenters. The van der Waals surface area contributed by atoms with Crippen molar-refractivity contribution in [2.75, 3.05) is 13.2 Å². The largest absolute Gasteiger partial charge is 0.492 e. The summed E-state index contributed by atoms with van der Waals surface area (Å²) in [5, 5.41) is 2.85. The Bertz CT molecular complexity index is 658. The lowest BCUT2D eigenvalue weighted by molar-refractivity contribution is 0.0947. The van der Waals surface area contributed by atoms with Crippen LogP contribution in [0.4, 0.5) is 0 Å². The Labute approximate surface area is 143 Å². The van der Waals surface area contributed by atoms with Crippen molar-refractivity contribution < 1.29 is 14.3 Å². The second-order valence-electron chi connectivity index (χ2n) is 6.12. The molecule has 2 aromatic carbocycles. The number of hydrogen-bond donors (Lipinski definition) is 1. The van der Waals surface area contributed by atoms with Crippen molar-refractivity contribution in [3.8, 4) is 11.5 Å². The van der Waals surface area contributed by atoms with Gasteiger partial charge in [-0.3, -0.25) is 4.79 Å². The van der Waals surface area contributed by atoms with Crippen LogP contribution in [-0.4, -0.2) is 25.2 Å². The average Bonchev–Trinajstić information content (AvgIpc) is 2.50. The van der Waals surface area contributed by atoms with Gasteiger partial charge in [-0.05, 0) is 75.2 Å². The molecule has 0 aliphatic rings. The van der Waals surface area contributed by atoms with Gasteiger partial charge in [0, 0.05) is 5.56 Å². The maximum atomic E-state index is 12.1. The van der Waals surface area contributed by atoms with Crippen molar-refractivity contribution in [2.24, 2.45) is 0 Å². The van der Waals surface area contributed by atoms with Crippen molar-refractivity contribution in [1.29, 1.82) is 0 Å². The zero-order valence-corrected chi connectivity index (χ0v) is 14.8. The van der Waals surface area contributed by atoms with E-state index in [4.69, 9.17) is 9.47 Å². The van der Waals surface area contributed by atoms with E-state index in [9.17, 15) is 4.79 Å². The molecule has 0 saturated carbocycles. The highest BCUT2D eigenvalue weighted by molar-refractivity contribution is 5.94. The van der Waals surface area contributed by atoms with Crippen molar-refractivity contribution in [3.63, 3.8) is 0 Å².